The minimum atomic E-state index is -0.835. The SMILES string of the molecule is O=C(NCCCn1ccc(=O)[nH]c1=O)NCCC1(O)CCOC1. The number of carbonyl (C=O) groups excluding carboxylic acids is 1. The lowest BCUT2D eigenvalue weighted by Crippen LogP contribution is -2.40. The smallest absolute Gasteiger partial charge is 0.328 e. The van der Waals surface area contributed by atoms with Gasteiger partial charge in [0, 0.05) is 44.9 Å². The standard InChI is InChI=1S/C14H22N4O5/c19-11-2-8-18(13(21)17-11)7-1-5-15-12(20)16-6-3-14(22)4-9-23-10-14/h2,8,22H,1,3-7,9-10H2,(H2,15,16,20)(H,17,19,21). The summed E-state index contributed by atoms with van der Waals surface area (Å²) in [6, 6.07) is 0.959. The van der Waals surface area contributed by atoms with E-state index < -0.39 is 16.9 Å². The first-order valence-corrected chi connectivity index (χ1v) is 7.60. The molecule has 9 nitrogen and oxygen atoms in total. The molecule has 0 aromatic carbocycles. The number of nitrogens with zero attached hydrogens (tertiary/aromatic N) is 1. The Kier molecular flexibility index (Phi) is 5.94. The normalized spacial score (nSPS) is 20.4. The van der Waals surface area contributed by atoms with Crippen LogP contribution < -0.4 is 21.9 Å². The van der Waals surface area contributed by atoms with Gasteiger partial charge in [0.2, 0.25) is 0 Å². The van der Waals surface area contributed by atoms with Crippen molar-refractivity contribution in [2.24, 2.45) is 0 Å². The predicted molar refractivity (Wildman–Crippen MR) is 82.3 cm³/mol. The number of carbonyl (C=O) groups is 1. The summed E-state index contributed by atoms with van der Waals surface area (Å²) < 4.78 is 6.50. The van der Waals surface area contributed by atoms with Gasteiger partial charge in [0.1, 0.15) is 0 Å². The third kappa shape index (κ3) is 5.53. The van der Waals surface area contributed by atoms with E-state index in [1.807, 2.05) is 0 Å². The third-order valence-corrected chi connectivity index (χ3v) is 3.72. The Bertz CT molecular complexity index is 633. The lowest BCUT2D eigenvalue weighted by Gasteiger charge is -2.20. The topological polar surface area (TPSA) is 125 Å². The third-order valence-electron chi connectivity index (χ3n) is 3.72. The first-order valence-electron chi connectivity index (χ1n) is 7.60. The molecule has 1 atom stereocenters. The van der Waals surface area contributed by atoms with Crippen LogP contribution >= 0.6 is 0 Å². The summed E-state index contributed by atoms with van der Waals surface area (Å²) in [5, 5.41) is 15.4. The van der Waals surface area contributed by atoms with Crippen molar-refractivity contribution in [3.8, 4) is 0 Å². The molecule has 1 aromatic rings. The molecule has 2 amide bonds. The van der Waals surface area contributed by atoms with E-state index in [-0.39, 0.29) is 6.03 Å². The van der Waals surface area contributed by atoms with E-state index in [4.69, 9.17) is 4.74 Å². The Hall–Kier alpha value is -2.13. The van der Waals surface area contributed by atoms with Crippen molar-refractivity contribution in [1.82, 2.24) is 20.2 Å². The van der Waals surface area contributed by atoms with Gasteiger partial charge in [0.05, 0.1) is 12.2 Å². The summed E-state index contributed by atoms with van der Waals surface area (Å²) in [6.45, 7) is 2.01. The molecule has 1 aliphatic rings. The average Bonchev–Trinajstić information content (AvgIpc) is 2.92. The monoisotopic (exact) mass is 326 g/mol. The second-order valence-electron chi connectivity index (χ2n) is 5.62. The van der Waals surface area contributed by atoms with Crippen LogP contribution in [0, 0.1) is 0 Å². The maximum absolute atomic E-state index is 11.6. The van der Waals surface area contributed by atoms with E-state index in [1.165, 1.54) is 16.8 Å². The molecule has 128 valence electrons. The van der Waals surface area contributed by atoms with Crippen molar-refractivity contribution >= 4 is 6.03 Å². The Morgan fingerprint density at radius 1 is 1.39 bits per heavy atom. The molecule has 23 heavy (non-hydrogen) atoms. The van der Waals surface area contributed by atoms with Gasteiger partial charge in [0.25, 0.3) is 5.56 Å². The van der Waals surface area contributed by atoms with E-state index >= 15 is 0 Å². The van der Waals surface area contributed by atoms with E-state index in [1.54, 1.807) is 0 Å². The predicted octanol–water partition coefficient (Wildman–Crippen LogP) is -1.23. The van der Waals surface area contributed by atoms with Gasteiger partial charge in [0.15, 0.2) is 0 Å². The van der Waals surface area contributed by atoms with Gasteiger partial charge in [-0.25, -0.2) is 9.59 Å². The fourth-order valence-corrected chi connectivity index (χ4v) is 2.34. The fraction of sp³-hybridized carbons (Fsp3) is 0.643. The summed E-state index contributed by atoms with van der Waals surface area (Å²) in [5.74, 6) is 0. The van der Waals surface area contributed by atoms with E-state index in [0.29, 0.717) is 52.1 Å². The van der Waals surface area contributed by atoms with Gasteiger partial charge in [-0.15, -0.1) is 0 Å². The number of aryl methyl sites for hydroxylation is 1. The minimum absolute atomic E-state index is 0.310. The molecule has 1 aromatic heterocycles. The zero-order valence-corrected chi connectivity index (χ0v) is 12.8. The molecule has 1 unspecified atom stereocenters. The molecule has 4 N–H and O–H groups in total. The van der Waals surface area contributed by atoms with Gasteiger partial charge < -0.3 is 25.0 Å². The number of urea groups is 1. The molecular formula is C14H22N4O5. The van der Waals surface area contributed by atoms with Gasteiger partial charge in [-0.3, -0.25) is 9.78 Å². The van der Waals surface area contributed by atoms with E-state index in [0.717, 1.165) is 0 Å². The van der Waals surface area contributed by atoms with Crippen LogP contribution in [-0.4, -0.2) is 52.6 Å². The highest BCUT2D eigenvalue weighted by atomic mass is 16.5. The first-order chi connectivity index (χ1) is 11.0. The molecule has 1 aliphatic heterocycles. The second kappa shape index (κ2) is 7.93. The van der Waals surface area contributed by atoms with Crippen molar-refractivity contribution in [3.05, 3.63) is 33.1 Å². The van der Waals surface area contributed by atoms with Crippen molar-refractivity contribution in [2.45, 2.75) is 31.4 Å². The van der Waals surface area contributed by atoms with Crippen LogP contribution in [0.15, 0.2) is 21.9 Å². The van der Waals surface area contributed by atoms with Crippen LogP contribution in [0.3, 0.4) is 0 Å². The van der Waals surface area contributed by atoms with Crippen molar-refractivity contribution in [2.75, 3.05) is 26.3 Å². The molecule has 0 radical (unpaired) electrons. The number of hydrogen-bond donors (Lipinski definition) is 4. The van der Waals surface area contributed by atoms with Crippen LogP contribution in [0.2, 0.25) is 0 Å². The van der Waals surface area contributed by atoms with E-state index in [2.05, 4.69) is 15.6 Å². The maximum Gasteiger partial charge on any atom is 0.328 e. The van der Waals surface area contributed by atoms with Gasteiger partial charge >= 0.3 is 11.7 Å². The zero-order chi connectivity index (χ0) is 16.7. The number of aromatic nitrogens is 2. The Morgan fingerprint density at radius 2 is 2.17 bits per heavy atom. The number of H-pyrrole nitrogens is 1. The Balaban J connectivity index is 1.59. The molecule has 1 saturated heterocycles. The number of nitrogens with one attached hydrogen (secondary N) is 3. The lowest BCUT2D eigenvalue weighted by molar-refractivity contribution is 0.0202. The van der Waals surface area contributed by atoms with E-state index in [9.17, 15) is 19.5 Å². The number of amides is 2. The van der Waals surface area contributed by atoms with Crippen LogP contribution in [0.1, 0.15) is 19.3 Å². The highest BCUT2D eigenvalue weighted by Crippen LogP contribution is 2.21. The Labute approximate surface area is 132 Å². The number of hydrogen-bond acceptors (Lipinski definition) is 5. The number of aliphatic hydroxyl groups is 1. The first kappa shape index (κ1) is 17.2. The molecule has 0 spiro atoms. The van der Waals surface area contributed by atoms with Crippen molar-refractivity contribution < 1.29 is 14.6 Å². The van der Waals surface area contributed by atoms with Gasteiger partial charge in [-0.1, -0.05) is 0 Å². The molecule has 2 rings (SSSR count). The molecular weight excluding hydrogens is 304 g/mol. The Morgan fingerprint density at radius 3 is 2.87 bits per heavy atom. The molecule has 1 fully saturated rings. The second-order valence-corrected chi connectivity index (χ2v) is 5.62. The number of rotatable bonds is 7. The molecule has 0 aliphatic carbocycles. The highest BCUT2D eigenvalue weighted by Gasteiger charge is 2.31. The summed E-state index contributed by atoms with van der Waals surface area (Å²) in [4.78, 5) is 36.1. The van der Waals surface area contributed by atoms with Crippen LogP contribution in [0.25, 0.3) is 0 Å². The maximum atomic E-state index is 11.6. The van der Waals surface area contributed by atoms with Gasteiger partial charge in [-0.2, -0.15) is 0 Å². The molecule has 0 saturated carbocycles. The average molecular weight is 326 g/mol. The van der Waals surface area contributed by atoms with Crippen molar-refractivity contribution in [3.63, 3.8) is 0 Å². The van der Waals surface area contributed by atoms with Crippen molar-refractivity contribution in [1.29, 1.82) is 0 Å². The lowest BCUT2D eigenvalue weighted by atomic mass is 9.99. The molecule has 0 bridgehead atoms. The summed E-state index contributed by atoms with van der Waals surface area (Å²) in [6.07, 6.45) is 3.01. The highest BCUT2D eigenvalue weighted by molar-refractivity contribution is 5.73. The summed E-state index contributed by atoms with van der Waals surface area (Å²) >= 11 is 0. The van der Waals surface area contributed by atoms with Crippen LogP contribution in [0.5, 0.6) is 0 Å². The number of ether oxygens (including phenoxy) is 1. The zero-order valence-electron chi connectivity index (χ0n) is 12.8. The quantitative estimate of drug-likeness (QED) is 0.467. The minimum Gasteiger partial charge on any atom is -0.387 e. The summed E-state index contributed by atoms with van der Waals surface area (Å²) in [7, 11) is 0. The largest absolute Gasteiger partial charge is 0.387 e. The van der Waals surface area contributed by atoms with Gasteiger partial charge in [-0.05, 0) is 12.8 Å². The number of aromatic amines is 1. The molecule has 2 heterocycles. The van der Waals surface area contributed by atoms with Crippen LogP contribution in [0.4, 0.5) is 4.79 Å². The fourth-order valence-electron chi connectivity index (χ4n) is 2.34. The molecule has 9 heteroatoms. The summed E-state index contributed by atoms with van der Waals surface area (Å²) in [5.41, 5.74) is -1.73. The van der Waals surface area contributed by atoms with Crippen LogP contribution in [-0.2, 0) is 11.3 Å².